The Labute approximate surface area is 216 Å². The number of halogens is 2. The number of alkyl halides is 1. The lowest BCUT2D eigenvalue weighted by molar-refractivity contribution is -0.0382. The maximum atomic E-state index is 6.90. The van der Waals surface area contributed by atoms with Crippen molar-refractivity contribution in [2.45, 2.75) is 109 Å². The van der Waals surface area contributed by atoms with E-state index in [1.54, 1.807) is 0 Å². The van der Waals surface area contributed by atoms with Gasteiger partial charge in [0.2, 0.25) is 0 Å². The number of fused-ring (bicyclic) bond motifs is 1. The van der Waals surface area contributed by atoms with Crippen LogP contribution >= 0.6 is 23.2 Å². The Morgan fingerprint density at radius 1 is 1.06 bits per heavy atom. The van der Waals surface area contributed by atoms with Gasteiger partial charge in [0.15, 0.2) is 16.6 Å². The molecular weight excluding hydrogens is 505 g/mol. The number of hydrogen-bond acceptors (Lipinski definition) is 5. The van der Waals surface area contributed by atoms with E-state index in [-0.39, 0.29) is 28.5 Å². The molecule has 1 fully saturated rings. The lowest BCUT2D eigenvalue weighted by atomic mass is 10.2. The second kappa shape index (κ2) is 9.76. The van der Waals surface area contributed by atoms with E-state index in [1.165, 1.54) is 6.33 Å². The van der Waals surface area contributed by atoms with Gasteiger partial charge >= 0.3 is 0 Å². The van der Waals surface area contributed by atoms with Crippen molar-refractivity contribution >= 4 is 50.9 Å². The molecule has 0 aliphatic carbocycles. The van der Waals surface area contributed by atoms with Crippen LogP contribution in [0.3, 0.4) is 0 Å². The lowest BCUT2D eigenvalue weighted by Gasteiger charge is -2.40. The van der Waals surface area contributed by atoms with Crippen LogP contribution in [-0.2, 0) is 19.5 Å². The van der Waals surface area contributed by atoms with Crippen LogP contribution in [0.1, 0.15) is 59.8 Å². The predicted octanol–water partition coefficient (Wildman–Crippen LogP) is 7.52. The SMILES string of the molecule is CC(C)(C)[Si](C)(C)OC[C@H]1O[C@@H](n2cc(CCl)c3c(Cl)ncnc32)C[C@H]1O[Si](C)(C)C(C)(C)C. The third kappa shape index (κ3) is 5.58. The highest BCUT2D eigenvalue weighted by Gasteiger charge is 2.46. The summed E-state index contributed by atoms with van der Waals surface area (Å²) in [6, 6.07) is 0. The molecular formula is C24H41Cl2N3O3Si2. The molecule has 0 bridgehead atoms. The number of hydrogen-bond donors (Lipinski definition) is 0. The molecule has 0 saturated carbocycles. The van der Waals surface area contributed by atoms with Crippen LogP contribution in [0.15, 0.2) is 12.5 Å². The molecule has 0 radical (unpaired) electrons. The molecule has 3 heterocycles. The largest absolute Gasteiger partial charge is 0.414 e. The van der Waals surface area contributed by atoms with Crippen molar-refractivity contribution in [3.63, 3.8) is 0 Å². The molecule has 2 aromatic heterocycles. The highest BCUT2D eigenvalue weighted by Crippen LogP contribution is 2.43. The first-order chi connectivity index (χ1) is 15.5. The first-order valence-electron chi connectivity index (χ1n) is 12.0. The Morgan fingerprint density at radius 2 is 1.68 bits per heavy atom. The second-order valence-electron chi connectivity index (χ2n) is 12.4. The monoisotopic (exact) mass is 545 g/mol. The summed E-state index contributed by atoms with van der Waals surface area (Å²) in [6.45, 7) is 23.2. The summed E-state index contributed by atoms with van der Waals surface area (Å²) in [7, 11) is -3.96. The third-order valence-corrected chi connectivity index (χ3v) is 17.5. The van der Waals surface area contributed by atoms with Crippen molar-refractivity contribution < 1.29 is 13.6 Å². The molecule has 3 rings (SSSR count). The Hall–Kier alpha value is -0.486. The quantitative estimate of drug-likeness (QED) is 0.204. The number of rotatable bonds is 7. The van der Waals surface area contributed by atoms with Crippen molar-refractivity contribution in [1.82, 2.24) is 14.5 Å². The smallest absolute Gasteiger partial charge is 0.192 e. The summed E-state index contributed by atoms with van der Waals surface area (Å²) in [4.78, 5) is 8.66. The predicted molar refractivity (Wildman–Crippen MR) is 146 cm³/mol. The van der Waals surface area contributed by atoms with Crippen LogP contribution in [0.4, 0.5) is 0 Å². The van der Waals surface area contributed by atoms with Gasteiger partial charge in [-0.15, -0.1) is 11.6 Å². The van der Waals surface area contributed by atoms with Crippen LogP contribution in [0.25, 0.3) is 11.0 Å². The number of aromatic nitrogens is 3. The molecule has 0 aromatic carbocycles. The zero-order valence-corrected chi connectivity index (χ0v) is 25.8. The van der Waals surface area contributed by atoms with Gasteiger partial charge in [0.05, 0.1) is 18.1 Å². The van der Waals surface area contributed by atoms with E-state index in [9.17, 15) is 0 Å². The summed E-state index contributed by atoms with van der Waals surface area (Å²) in [5.41, 5.74) is 1.63. The first kappa shape index (κ1) is 28.1. The van der Waals surface area contributed by atoms with E-state index in [4.69, 9.17) is 36.8 Å². The first-order valence-corrected chi connectivity index (χ1v) is 18.7. The maximum absolute atomic E-state index is 6.90. The highest BCUT2D eigenvalue weighted by atomic mass is 35.5. The minimum atomic E-state index is -2.02. The third-order valence-electron chi connectivity index (χ3n) is 7.94. The molecule has 6 nitrogen and oxygen atoms in total. The van der Waals surface area contributed by atoms with Gasteiger partial charge in [-0.3, -0.25) is 0 Å². The van der Waals surface area contributed by atoms with E-state index in [0.29, 0.717) is 24.1 Å². The molecule has 1 aliphatic heterocycles. The fraction of sp³-hybridized carbons (Fsp3) is 0.750. The van der Waals surface area contributed by atoms with Crippen LogP contribution in [0.5, 0.6) is 0 Å². The Balaban J connectivity index is 1.93. The van der Waals surface area contributed by atoms with E-state index in [0.717, 1.165) is 16.6 Å². The maximum Gasteiger partial charge on any atom is 0.192 e. The molecule has 10 heteroatoms. The fourth-order valence-corrected chi connectivity index (χ4v) is 6.47. The van der Waals surface area contributed by atoms with Crippen molar-refractivity contribution in [2.75, 3.05) is 6.61 Å². The summed E-state index contributed by atoms with van der Waals surface area (Å²) < 4.78 is 22.2. The van der Waals surface area contributed by atoms with Gasteiger partial charge in [-0.1, -0.05) is 53.1 Å². The number of nitrogens with zero attached hydrogens (tertiary/aromatic N) is 3. The number of ether oxygens (including phenoxy) is 1. The van der Waals surface area contributed by atoms with Crippen molar-refractivity contribution in [3.8, 4) is 0 Å². The Kier molecular flexibility index (Phi) is 8.07. The summed E-state index contributed by atoms with van der Waals surface area (Å²) in [5.74, 6) is 0.325. The average Bonchev–Trinajstić information content (AvgIpc) is 3.26. The van der Waals surface area contributed by atoms with E-state index < -0.39 is 16.6 Å². The van der Waals surface area contributed by atoms with E-state index in [1.807, 2.05) is 10.8 Å². The van der Waals surface area contributed by atoms with Gasteiger partial charge in [-0.25, -0.2) is 9.97 Å². The molecule has 1 saturated heterocycles. The minimum Gasteiger partial charge on any atom is -0.414 e. The zero-order valence-electron chi connectivity index (χ0n) is 22.3. The summed E-state index contributed by atoms with van der Waals surface area (Å²) in [6.07, 6.45) is 3.71. The molecule has 0 amide bonds. The van der Waals surface area contributed by atoms with Crippen molar-refractivity contribution in [1.29, 1.82) is 0 Å². The Bertz CT molecular complexity index is 1020. The molecule has 3 atom stereocenters. The van der Waals surface area contributed by atoms with Gasteiger partial charge < -0.3 is 18.2 Å². The molecule has 0 spiro atoms. The lowest BCUT2D eigenvalue weighted by Crippen LogP contribution is -2.48. The van der Waals surface area contributed by atoms with Crippen LogP contribution < -0.4 is 0 Å². The van der Waals surface area contributed by atoms with Gasteiger partial charge in [-0.2, -0.15) is 0 Å². The van der Waals surface area contributed by atoms with Crippen LogP contribution in [0, 0.1) is 0 Å². The van der Waals surface area contributed by atoms with Gasteiger partial charge in [0.25, 0.3) is 0 Å². The topological polar surface area (TPSA) is 58.4 Å². The molecule has 0 unspecified atom stereocenters. The van der Waals surface area contributed by atoms with E-state index in [2.05, 4.69) is 77.7 Å². The molecule has 1 aliphatic rings. The average molecular weight is 547 g/mol. The van der Waals surface area contributed by atoms with Crippen LogP contribution in [-0.4, -0.2) is 50.0 Å². The van der Waals surface area contributed by atoms with Crippen molar-refractivity contribution in [2.24, 2.45) is 0 Å². The zero-order chi connectivity index (χ0) is 25.7. The van der Waals surface area contributed by atoms with E-state index >= 15 is 0 Å². The molecule has 0 N–H and O–H groups in total. The van der Waals surface area contributed by atoms with Gasteiger partial charge in [-0.05, 0) is 41.8 Å². The van der Waals surface area contributed by atoms with Crippen LogP contribution in [0.2, 0.25) is 41.4 Å². The summed E-state index contributed by atoms with van der Waals surface area (Å²) >= 11 is 12.6. The van der Waals surface area contributed by atoms with Gasteiger partial charge in [0, 0.05) is 18.5 Å². The molecule has 192 valence electrons. The highest BCUT2D eigenvalue weighted by molar-refractivity contribution is 6.74. The minimum absolute atomic E-state index is 0.0649. The normalized spacial score (nSPS) is 22.6. The molecule has 2 aromatic rings. The molecule has 34 heavy (non-hydrogen) atoms. The van der Waals surface area contributed by atoms with Gasteiger partial charge in [0.1, 0.15) is 29.5 Å². The standard InChI is InChI=1S/C24H41Cl2N3O3Si2/c1-23(2,3)33(7,8)30-14-18-17(32-34(9,10)24(4,5)6)11-19(31-18)29-13-16(12-25)20-21(26)27-15-28-22(20)29/h13,15,17-19H,11-12,14H2,1-10H3/t17-,18-,19-/m1/s1. The fourth-order valence-electron chi connectivity index (χ4n) is 3.65. The Morgan fingerprint density at radius 3 is 2.24 bits per heavy atom. The second-order valence-corrected chi connectivity index (χ2v) is 22.6. The van der Waals surface area contributed by atoms with Crippen molar-refractivity contribution in [3.05, 3.63) is 23.2 Å². The summed E-state index contributed by atoms with van der Waals surface area (Å²) in [5, 5.41) is 1.41.